The quantitative estimate of drug-likeness (QED) is 0.631. The standard InChI is InChI=1S/C19H27BO4/c1-12-7-8-13(14-9-15(10-14)17(21)22-6)11-16(12)20-23-18(2,3)19(4,5)24-20/h7-8,11,14-15H,9-10H2,1-6H3/t14-,15-. The van der Waals surface area contributed by atoms with Gasteiger partial charge < -0.3 is 14.0 Å². The van der Waals surface area contributed by atoms with Gasteiger partial charge in [-0.1, -0.05) is 23.8 Å². The molecule has 5 heteroatoms. The molecule has 0 bridgehead atoms. The van der Waals surface area contributed by atoms with Crippen LogP contribution in [0.1, 0.15) is 57.6 Å². The Labute approximate surface area is 145 Å². The summed E-state index contributed by atoms with van der Waals surface area (Å²) in [5, 5.41) is 0. The van der Waals surface area contributed by atoms with Crippen molar-refractivity contribution in [3.05, 3.63) is 29.3 Å². The molecule has 0 N–H and O–H groups in total. The summed E-state index contributed by atoms with van der Waals surface area (Å²) in [4.78, 5) is 11.6. The minimum absolute atomic E-state index is 0.0431. The van der Waals surface area contributed by atoms with Gasteiger partial charge in [-0.05, 0) is 64.4 Å². The third-order valence-electron chi connectivity index (χ3n) is 5.95. The van der Waals surface area contributed by atoms with Gasteiger partial charge in [-0.25, -0.2) is 0 Å². The van der Waals surface area contributed by atoms with Gasteiger partial charge in [0.25, 0.3) is 0 Å². The van der Waals surface area contributed by atoms with Gasteiger partial charge in [0.1, 0.15) is 0 Å². The normalized spacial score (nSPS) is 27.7. The van der Waals surface area contributed by atoms with Crippen LogP contribution in [0.2, 0.25) is 0 Å². The van der Waals surface area contributed by atoms with Crippen LogP contribution in [-0.2, 0) is 18.8 Å². The van der Waals surface area contributed by atoms with Gasteiger partial charge in [0, 0.05) is 0 Å². The van der Waals surface area contributed by atoms with Crippen molar-refractivity contribution < 1.29 is 18.8 Å². The summed E-state index contributed by atoms with van der Waals surface area (Å²) in [7, 11) is 1.11. The molecular formula is C19H27BO4. The molecule has 0 atom stereocenters. The van der Waals surface area contributed by atoms with Crippen molar-refractivity contribution >= 4 is 18.6 Å². The van der Waals surface area contributed by atoms with E-state index in [0.29, 0.717) is 5.92 Å². The summed E-state index contributed by atoms with van der Waals surface area (Å²) < 4.78 is 17.2. The number of carbonyl (C=O) groups is 1. The van der Waals surface area contributed by atoms with E-state index in [-0.39, 0.29) is 30.2 Å². The highest BCUT2D eigenvalue weighted by molar-refractivity contribution is 6.62. The van der Waals surface area contributed by atoms with Gasteiger partial charge in [-0.3, -0.25) is 4.79 Å². The fourth-order valence-electron chi connectivity index (χ4n) is 3.39. The number of carbonyl (C=O) groups excluding carboxylic acids is 1. The van der Waals surface area contributed by atoms with E-state index < -0.39 is 0 Å². The molecule has 1 aromatic rings. The van der Waals surface area contributed by atoms with Crippen molar-refractivity contribution in [2.24, 2.45) is 5.92 Å². The first-order chi connectivity index (χ1) is 11.1. The molecule has 1 saturated heterocycles. The Hall–Kier alpha value is -1.33. The SMILES string of the molecule is COC(=O)[C@H]1C[C@H](c2ccc(C)c(B3OC(C)(C)C(C)(C)O3)c2)C1. The fraction of sp³-hybridized carbons (Fsp3) is 0.632. The molecule has 2 fully saturated rings. The van der Waals surface area contributed by atoms with Gasteiger partial charge in [0.15, 0.2) is 0 Å². The molecule has 1 aliphatic carbocycles. The van der Waals surface area contributed by atoms with E-state index in [1.54, 1.807) is 0 Å². The average Bonchev–Trinajstić information content (AvgIpc) is 2.67. The first-order valence-corrected chi connectivity index (χ1v) is 8.68. The number of ether oxygens (including phenoxy) is 1. The highest BCUT2D eigenvalue weighted by atomic mass is 16.7. The maximum absolute atomic E-state index is 11.6. The van der Waals surface area contributed by atoms with Gasteiger partial charge in [-0.15, -0.1) is 0 Å². The highest BCUT2D eigenvalue weighted by Crippen LogP contribution is 2.42. The molecule has 0 unspecified atom stereocenters. The minimum atomic E-state index is -0.341. The van der Waals surface area contributed by atoms with E-state index in [9.17, 15) is 4.79 Å². The van der Waals surface area contributed by atoms with Crippen LogP contribution in [0.15, 0.2) is 18.2 Å². The predicted molar refractivity (Wildman–Crippen MR) is 94.4 cm³/mol. The van der Waals surface area contributed by atoms with Crippen molar-refractivity contribution in [3.63, 3.8) is 0 Å². The third-order valence-corrected chi connectivity index (χ3v) is 5.95. The molecule has 0 spiro atoms. The van der Waals surface area contributed by atoms with Crippen LogP contribution in [0, 0.1) is 12.8 Å². The lowest BCUT2D eigenvalue weighted by Crippen LogP contribution is -2.41. The summed E-state index contributed by atoms with van der Waals surface area (Å²) in [6.07, 6.45) is 1.72. The smallest absolute Gasteiger partial charge is 0.469 e. The van der Waals surface area contributed by atoms with Crippen LogP contribution in [0.25, 0.3) is 0 Å². The lowest BCUT2D eigenvalue weighted by Gasteiger charge is -2.34. The first-order valence-electron chi connectivity index (χ1n) is 8.68. The molecule has 3 rings (SSSR count). The van der Waals surface area contributed by atoms with Crippen molar-refractivity contribution in [1.29, 1.82) is 0 Å². The summed E-state index contributed by atoms with van der Waals surface area (Å²) in [5.41, 5.74) is 2.83. The molecule has 4 nitrogen and oxygen atoms in total. The molecular weight excluding hydrogens is 303 g/mol. The molecule has 24 heavy (non-hydrogen) atoms. The van der Waals surface area contributed by atoms with E-state index in [2.05, 4.69) is 52.8 Å². The first kappa shape index (κ1) is 17.5. The van der Waals surface area contributed by atoms with Gasteiger partial charge in [-0.2, -0.15) is 0 Å². The fourth-order valence-corrected chi connectivity index (χ4v) is 3.39. The Kier molecular flexibility index (Phi) is 4.29. The molecule has 130 valence electrons. The van der Waals surface area contributed by atoms with Crippen molar-refractivity contribution in [1.82, 2.24) is 0 Å². The lowest BCUT2D eigenvalue weighted by atomic mass is 9.68. The second-order valence-corrected chi connectivity index (χ2v) is 8.09. The molecule has 1 heterocycles. The number of hydrogen-bond donors (Lipinski definition) is 0. The highest BCUT2D eigenvalue weighted by Gasteiger charge is 2.52. The second-order valence-electron chi connectivity index (χ2n) is 8.09. The topological polar surface area (TPSA) is 44.8 Å². The monoisotopic (exact) mass is 330 g/mol. The molecule has 0 amide bonds. The number of aryl methyl sites for hydroxylation is 1. The Morgan fingerprint density at radius 3 is 2.29 bits per heavy atom. The van der Waals surface area contributed by atoms with Gasteiger partial charge in [0.2, 0.25) is 0 Å². The Morgan fingerprint density at radius 2 is 1.75 bits per heavy atom. The summed E-state index contributed by atoms with van der Waals surface area (Å²) in [6.45, 7) is 10.4. The maximum atomic E-state index is 11.6. The van der Waals surface area contributed by atoms with Crippen LogP contribution >= 0.6 is 0 Å². The van der Waals surface area contributed by atoms with Crippen LogP contribution in [0.3, 0.4) is 0 Å². The Balaban J connectivity index is 1.78. The number of esters is 1. The summed E-state index contributed by atoms with van der Waals surface area (Å²) >= 11 is 0. The van der Waals surface area contributed by atoms with Crippen LogP contribution in [0.5, 0.6) is 0 Å². The van der Waals surface area contributed by atoms with Crippen molar-refractivity contribution in [2.45, 2.75) is 64.6 Å². The van der Waals surface area contributed by atoms with Gasteiger partial charge in [0.05, 0.1) is 24.2 Å². The minimum Gasteiger partial charge on any atom is -0.469 e. The predicted octanol–water partition coefficient (Wildman–Crippen LogP) is 2.96. The van der Waals surface area contributed by atoms with Crippen molar-refractivity contribution in [2.75, 3.05) is 7.11 Å². The number of hydrogen-bond acceptors (Lipinski definition) is 4. The average molecular weight is 330 g/mol. The molecule has 0 radical (unpaired) electrons. The summed E-state index contributed by atoms with van der Waals surface area (Å²) in [5.74, 6) is 0.363. The van der Waals surface area contributed by atoms with Crippen LogP contribution in [0.4, 0.5) is 0 Å². The van der Waals surface area contributed by atoms with Crippen molar-refractivity contribution in [3.8, 4) is 0 Å². The number of benzene rings is 1. The molecule has 1 aliphatic heterocycles. The molecule has 1 aromatic carbocycles. The lowest BCUT2D eigenvalue weighted by molar-refractivity contribution is -0.148. The second kappa shape index (κ2) is 5.89. The zero-order valence-corrected chi connectivity index (χ0v) is 15.5. The van der Waals surface area contributed by atoms with E-state index >= 15 is 0 Å². The third kappa shape index (κ3) is 2.88. The summed E-state index contributed by atoms with van der Waals surface area (Å²) in [6, 6.07) is 6.47. The van der Waals surface area contributed by atoms with E-state index in [1.165, 1.54) is 18.2 Å². The van der Waals surface area contributed by atoms with E-state index in [0.717, 1.165) is 18.3 Å². The Morgan fingerprint density at radius 1 is 1.17 bits per heavy atom. The van der Waals surface area contributed by atoms with E-state index in [1.807, 2.05) is 0 Å². The molecule has 1 saturated carbocycles. The van der Waals surface area contributed by atoms with E-state index in [4.69, 9.17) is 14.0 Å². The maximum Gasteiger partial charge on any atom is 0.495 e. The molecule has 2 aliphatic rings. The number of rotatable bonds is 3. The van der Waals surface area contributed by atoms with Gasteiger partial charge >= 0.3 is 13.1 Å². The zero-order valence-electron chi connectivity index (χ0n) is 15.5. The molecule has 0 aromatic heterocycles. The number of methoxy groups -OCH3 is 1. The van der Waals surface area contributed by atoms with Crippen LogP contribution in [-0.4, -0.2) is 31.4 Å². The largest absolute Gasteiger partial charge is 0.495 e. The Bertz CT molecular complexity index is 631. The zero-order chi connectivity index (χ0) is 17.7. The van der Waals surface area contributed by atoms with Crippen LogP contribution < -0.4 is 5.46 Å².